The van der Waals surface area contributed by atoms with Crippen LogP contribution in [0.5, 0.6) is 0 Å². The van der Waals surface area contributed by atoms with Crippen LogP contribution >= 0.6 is 0 Å². The molecule has 0 aliphatic rings. The van der Waals surface area contributed by atoms with Crippen LogP contribution in [0.25, 0.3) is 0 Å². The van der Waals surface area contributed by atoms with Crippen LogP contribution in [0.2, 0.25) is 0 Å². The van der Waals surface area contributed by atoms with Crippen molar-refractivity contribution in [1.29, 1.82) is 0 Å². The van der Waals surface area contributed by atoms with Crippen LogP contribution in [-0.4, -0.2) is 71.8 Å². The van der Waals surface area contributed by atoms with Gasteiger partial charge in [0.1, 0.15) is 0 Å². The largest absolute Gasteiger partial charge is 2.00 e. The minimum atomic E-state index is -2.07. The van der Waals surface area contributed by atoms with E-state index >= 15 is 0 Å². The molecule has 0 aromatic carbocycles. The van der Waals surface area contributed by atoms with Crippen LogP contribution in [0.4, 0.5) is 0 Å². The maximum atomic E-state index is 9.04. The molecule has 8 nitrogen and oxygen atoms in total. The van der Waals surface area contributed by atoms with E-state index in [0.29, 0.717) is 0 Å². The number of carboxylic acid groups (broad SMARTS) is 4. The number of carboxylic acids is 4. The van der Waals surface area contributed by atoms with E-state index in [4.69, 9.17) is 39.6 Å². The van der Waals surface area contributed by atoms with E-state index in [-0.39, 0.29) is 37.7 Å². The maximum absolute atomic E-state index is 9.04. The van der Waals surface area contributed by atoms with Gasteiger partial charge in [-0.15, -0.1) is 0 Å². The monoisotopic (exact) mass is 218 g/mol. The molecule has 0 radical (unpaired) electrons. The fraction of sp³-hybridized carbons (Fsp3) is 0. The molecular weight excluding hydrogens is 216 g/mol. The van der Waals surface area contributed by atoms with Crippen molar-refractivity contribution >= 4 is 61.6 Å². The third kappa shape index (κ3) is 18.3. The molecule has 0 aliphatic carbocycles. The quantitative estimate of drug-likeness (QED) is 0.303. The third-order valence-corrected chi connectivity index (χ3v) is 0.349. The van der Waals surface area contributed by atoms with E-state index in [9.17, 15) is 0 Å². The summed E-state index contributed by atoms with van der Waals surface area (Å²) in [5, 5.41) is 32.6. The van der Waals surface area contributed by atoms with Gasteiger partial charge in [0, 0.05) is 0 Å². The van der Waals surface area contributed by atoms with E-state index in [2.05, 4.69) is 0 Å². The molecule has 0 unspecified atom stereocenters. The van der Waals surface area contributed by atoms with Gasteiger partial charge in [0.05, 0.1) is 0 Å². The molecule has 0 spiro atoms. The Balaban J connectivity index is -0.000000143. The summed E-state index contributed by atoms with van der Waals surface area (Å²) in [5.74, 6) is -8.02. The second kappa shape index (κ2) is 9.23. The Morgan fingerprint density at radius 2 is 0.846 bits per heavy atom. The first-order valence-electron chi connectivity index (χ1n) is 2.17. The van der Waals surface area contributed by atoms with Crippen molar-refractivity contribution in [2.75, 3.05) is 0 Å². The number of rotatable bonds is 0. The fourth-order valence-electron chi connectivity index (χ4n) is 0. The van der Waals surface area contributed by atoms with Gasteiger partial charge in [0.15, 0.2) is 11.9 Å². The van der Waals surface area contributed by atoms with Crippen LogP contribution in [0.1, 0.15) is 0 Å². The minimum Gasteiger partial charge on any atom is -0.539 e. The Hall–Kier alpha value is -0.860. The van der Waals surface area contributed by atoms with Gasteiger partial charge in [0.2, 0.25) is 0 Å². The van der Waals surface area contributed by atoms with Crippen LogP contribution < -0.4 is 10.2 Å². The Bertz CT molecular complexity index is 172. The molecule has 9 heteroatoms. The second-order valence-electron chi connectivity index (χ2n) is 1.19. The summed E-state index contributed by atoms with van der Waals surface area (Å²) in [6.45, 7) is 0. The molecule has 0 atom stereocenters. The zero-order valence-corrected chi connectivity index (χ0v) is 8.26. The average Bonchev–Trinajstić information content (AvgIpc) is 1.88. The van der Waals surface area contributed by atoms with Crippen LogP contribution in [-0.2, 0) is 19.2 Å². The van der Waals surface area contributed by atoms with Crippen molar-refractivity contribution < 1.29 is 39.6 Å². The topological polar surface area (TPSA) is 155 Å². The molecule has 0 heterocycles. The summed E-state index contributed by atoms with van der Waals surface area (Å²) in [7, 11) is 0. The first-order chi connectivity index (χ1) is 5.29. The van der Waals surface area contributed by atoms with E-state index in [1.807, 2.05) is 0 Å². The minimum absolute atomic E-state index is 0. The Morgan fingerprint density at radius 3 is 0.846 bits per heavy atom. The maximum Gasteiger partial charge on any atom is 2.00 e. The summed E-state index contributed by atoms with van der Waals surface area (Å²) >= 11 is 0. The fourth-order valence-corrected chi connectivity index (χ4v) is 0. The molecular formula is C4H2CaO8. The number of carbonyl (C=O) groups excluding carboxylic acids is 2. The van der Waals surface area contributed by atoms with Crippen molar-refractivity contribution in [1.82, 2.24) is 0 Å². The third-order valence-electron chi connectivity index (χ3n) is 0.349. The molecule has 0 saturated carbocycles. The normalized spacial score (nSPS) is 6.77. The molecule has 0 amide bonds. The molecule has 68 valence electrons. The summed E-state index contributed by atoms with van der Waals surface area (Å²) < 4.78 is 0. The van der Waals surface area contributed by atoms with Crippen molar-refractivity contribution in [3.63, 3.8) is 0 Å². The van der Waals surface area contributed by atoms with E-state index in [0.717, 1.165) is 0 Å². The van der Waals surface area contributed by atoms with Crippen molar-refractivity contribution in [2.45, 2.75) is 0 Å². The molecule has 0 aliphatic heterocycles. The van der Waals surface area contributed by atoms with Gasteiger partial charge in [-0.05, 0) is 0 Å². The first-order valence-corrected chi connectivity index (χ1v) is 2.17. The van der Waals surface area contributed by atoms with E-state index in [1.165, 1.54) is 0 Å². The van der Waals surface area contributed by atoms with Gasteiger partial charge in [-0.2, -0.15) is 0 Å². The Morgan fingerprint density at radius 1 is 0.769 bits per heavy atom. The predicted molar refractivity (Wildman–Crippen MR) is 31.0 cm³/mol. The van der Waals surface area contributed by atoms with Gasteiger partial charge in [0.25, 0.3) is 0 Å². The Labute approximate surface area is 101 Å². The number of carbonyl (C=O) groups is 4. The summed E-state index contributed by atoms with van der Waals surface area (Å²) in [5.41, 5.74) is 0. The first kappa shape index (κ1) is 18.0. The summed E-state index contributed by atoms with van der Waals surface area (Å²) in [4.78, 5) is 36.1. The van der Waals surface area contributed by atoms with Gasteiger partial charge < -0.3 is 30.0 Å². The van der Waals surface area contributed by atoms with E-state index < -0.39 is 23.9 Å². The summed E-state index contributed by atoms with van der Waals surface area (Å²) in [6.07, 6.45) is 0. The van der Waals surface area contributed by atoms with Gasteiger partial charge in [-0.3, -0.25) is 0 Å². The smallest absolute Gasteiger partial charge is 0.539 e. The van der Waals surface area contributed by atoms with Gasteiger partial charge in [-0.1, -0.05) is 0 Å². The number of aliphatic carboxylic acids is 4. The van der Waals surface area contributed by atoms with Crippen molar-refractivity contribution in [3.05, 3.63) is 0 Å². The zero-order valence-electron chi connectivity index (χ0n) is 6.05. The second-order valence-corrected chi connectivity index (χ2v) is 1.19. The number of hydrogen-bond donors (Lipinski definition) is 2. The van der Waals surface area contributed by atoms with Crippen LogP contribution in [0.3, 0.4) is 0 Å². The molecule has 2 N–H and O–H groups in total. The van der Waals surface area contributed by atoms with Crippen LogP contribution in [0.15, 0.2) is 0 Å². The van der Waals surface area contributed by atoms with E-state index in [1.54, 1.807) is 0 Å². The molecule has 13 heavy (non-hydrogen) atoms. The van der Waals surface area contributed by atoms with Crippen LogP contribution in [0, 0.1) is 0 Å². The molecule has 0 fully saturated rings. The molecule has 0 saturated heterocycles. The van der Waals surface area contributed by atoms with Gasteiger partial charge >= 0.3 is 49.7 Å². The molecule has 0 rings (SSSR count). The zero-order chi connectivity index (χ0) is 10.3. The predicted octanol–water partition coefficient (Wildman–Crippen LogP) is -4.74. The van der Waals surface area contributed by atoms with Crippen molar-refractivity contribution in [2.24, 2.45) is 0 Å². The SMILES string of the molecule is O=C([O-])C(=O)O.O=C([O-])C(=O)O.[Ca+2]. The number of hydrogen-bond acceptors (Lipinski definition) is 6. The summed E-state index contributed by atoms with van der Waals surface area (Å²) in [6, 6.07) is 0. The molecule has 0 bridgehead atoms. The molecule has 0 aromatic rings. The average molecular weight is 218 g/mol. The standard InChI is InChI=1S/2C2H2O4.Ca/c2*3-1(4)2(5)6;/h2*(H,3,4)(H,5,6);/q;;+2/p-2. The van der Waals surface area contributed by atoms with Crippen molar-refractivity contribution in [3.8, 4) is 0 Å². The Kier molecular flexibility index (Phi) is 12.8. The molecule has 0 aromatic heterocycles. The van der Waals surface area contributed by atoms with Gasteiger partial charge in [-0.25, -0.2) is 9.59 Å².